The number of amides is 3. The maximum Gasteiger partial charge on any atom is 0.321 e. The van der Waals surface area contributed by atoms with Gasteiger partial charge in [-0.25, -0.2) is 13.2 Å². The summed E-state index contributed by atoms with van der Waals surface area (Å²) >= 11 is 0. The van der Waals surface area contributed by atoms with E-state index in [-0.39, 0.29) is 11.7 Å². The van der Waals surface area contributed by atoms with Crippen LogP contribution in [0.2, 0.25) is 0 Å². The third-order valence-corrected chi connectivity index (χ3v) is 6.30. The molecule has 3 amide bonds. The first-order valence-electron chi connectivity index (χ1n) is 10.2. The number of nitrogens with zero attached hydrogens (tertiary/aromatic N) is 2. The van der Waals surface area contributed by atoms with Gasteiger partial charge in [0.05, 0.1) is 9.82 Å². The summed E-state index contributed by atoms with van der Waals surface area (Å²) < 4.78 is 31.4. The summed E-state index contributed by atoms with van der Waals surface area (Å²) in [6.45, 7) is -1.59. The Bertz CT molecular complexity index is 1010. The molecule has 1 aromatic rings. The maximum atomic E-state index is 12.4. The van der Waals surface area contributed by atoms with Crippen molar-refractivity contribution >= 4 is 39.3 Å². The number of carbonyl (C=O) groups is 3. The van der Waals surface area contributed by atoms with E-state index in [0.29, 0.717) is 0 Å². The zero-order valence-electron chi connectivity index (χ0n) is 18.3. The predicted octanol–water partition coefficient (Wildman–Crippen LogP) is 0.641. The van der Waals surface area contributed by atoms with Crippen LogP contribution in [-0.2, 0) is 24.3 Å². The highest BCUT2D eigenvalue weighted by molar-refractivity contribution is 7.89. The number of imide groups is 1. The quantitative estimate of drug-likeness (QED) is 0.257. The molecule has 2 rings (SSSR count). The number of anilines is 1. The van der Waals surface area contributed by atoms with Gasteiger partial charge in [0.15, 0.2) is 6.61 Å². The fraction of sp³-hybridized carbons (Fsp3) is 0.526. The fourth-order valence-electron chi connectivity index (χ4n) is 3.26. The molecule has 3 N–H and O–H groups in total. The van der Waals surface area contributed by atoms with Crippen LogP contribution in [0.1, 0.15) is 32.1 Å². The summed E-state index contributed by atoms with van der Waals surface area (Å²) in [4.78, 5) is 46.9. The molecule has 0 spiro atoms. The number of nitro benzene ring substituents is 1. The molecule has 1 aliphatic carbocycles. The van der Waals surface area contributed by atoms with Crippen molar-refractivity contribution in [2.45, 2.75) is 43.0 Å². The molecule has 182 valence electrons. The molecule has 1 aromatic carbocycles. The Labute approximate surface area is 191 Å². The van der Waals surface area contributed by atoms with Gasteiger partial charge in [0, 0.05) is 26.2 Å². The predicted molar refractivity (Wildman–Crippen MR) is 117 cm³/mol. The molecule has 0 aromatic heterocycles. The van der Waals surface area contributed by atoms with Gasteiger partial charge in [-0.3, -0.25) is 25.0 Å². The molecular formula is C19H27N5O8S. The first-order chi connectivity index (χ1) is 15.5. The van der Waals surface area contributed by atoms with Crippen molar-refractivity contribution in [2.24, 2.45) is 0 Å². The normalized spacial score (nSPS) is 14.2. The summed E-state index contributed by atoms with van der Waals surface area (Å²) in [6, 6.07) is 2.61. The molecule has 0 atom stereocenters. The zero-order chi connectivity index (χ0) is 24.6. The van der Waals surface area contributed by atoms with Gasteiger partial charge in [0.25, 0.3) is 11.6 Å². The first-order valence-corrected chi connectivity index (χ1v) is 11.7. The highest BCUT2D eigenvalue weighted by atomic mass is 32.2. The monoisotopic (exact) mass is 485 g/mol. The average Bonchev–Trinajstić information content (AvgIpc) is 2.76. The zero-order valence-corrected chi connectivity index (χ0v) is 19.1. The van der Waals surface area contributed by atoms with E-state index in [1.54, 1.807) is 14.1 Å². The fourth-order valence-corrected chi connectivity index (χ4v) is 4.25. The van der Waals surface area contributed by atoms with Crippen LogP contribution in [0.15, 0.2) is 23.1 Å². The van der Waals surface area contributed by atoms with Crippen LogP contribution in [0, 0.1) is 10.1 Å². The van der Waals surface area contributed by atoms with Gasteiger partial charge in [-0.15, -0.1) is 0 Å². The number of esters is 1. The van der Waals surface area contributed by atoms with E-state index in [0.717, 1.165) is 44.2 Å². The Kier molecular flexibility index (Phi) is 9.11. The number of hydrogen-bond acceptors (Lipinski definition) is 9. The first kappa shape index (κ1) is 26.0. The topological polar surface area (TPSA) is 177 Å². The molecule has 0 saturated heterocycles. The molecule has 33 heavy (non-hydrogen) atoms. The van der Waals surface area contributed by atoms with E-state index >= 15 is 0 Å². The van der Waals surface area contributed by atoms with Crippen LogP contribution < -0.4 is 20.3 Å². The Morgan fingerprint density at radius 3 is 2.45 bits per heavy atom. The van der Waals surface area contributed by atoms with E-state index in [1.807, 2.05) is 10.0 Å². The minimum absolute atomic E-state index is 0.00822. The van der Waals surface area contributed by atoms with E-state index < -0.39 is 56.6 Å². The van der Waals surface area contributed by atoms with E-state index in [9.17, 15) is 32.9 Å². The molecule has 1 fully saturated rings. The summed E-state index contributed by atoms with van der Waals surface area (Å²) in [5.41, 5.74) is -0.217. The summed E-state index contributed by atoms with van der Waals surface area (Å²) in [5.74, 6) is -1.93. The molecule has 0 bridgehead atoms. The Hall–Kier alpha value is -3.26. The third-order valence-electron chi connectivity index (χ3n) is 4.90. The molecule has 1 aliphatic rings. The van der Waals surface area contributed by atoms with Gasteiger partial charge in [-0.05, 0) is 25.0 Å². The van der Waals surface area contributed by atoms with Gasteiger partial charge >= 0.3 is 12.0 Å². The maximum absolute atomic E-state index is 12.4. The number of rotatable bonds is 9. The van der Waals surface area contributed by atoms with Crippen molar-refractivity contribution in [1.82, 2.24) is 15.4 Å². The van der Waals surface area contributed by atoms with Gasteiger partial charge in [-0.1, -0.05) is 19.3 Å². The molecule has 0 heterocycles. The second-order valence-corrected chi connectivity index (χ2v) is 9.41. The lowest BCUT2D eigenvalue weighted by atomic mass is 9.96. The minimum atomic E-state index is -4.27. The van der Waals surface area contributed by atoms with Crippen molar-refractivity contribution in [3.63, 3.8) is 0 Å². The third kappa shape index (κ3) is 7.98. The molecule has 0 unspecified atom stereocenters. The summed E-state index contributed by atoms with van der Waals surface area (Å²) in [6.07, 6.45) is 4.77. The number of sulfonamides is 1. The Morgan fingerprint density at radius 2 is 1.85 bits per heavy atom. The van der Waals surface area contributed by atoms with Gasteiger partial charge in [-0.2, -0.15) is 4.72 Å². The second kappa shape index (κ2) is 11.6. The molecule has 14 heteroatoms. The van der Waals surface area contributed by atoms with Gasteiger partial charge in [0.1, 0.15) is 12.2 Å². The van der Waals surface area contributed by atoms with Crippen LogP contribution in [0.4, 0.5) is 16.2 Å². The number of hydrogen-bond donors (Lipinski definition) is 3. The lowest BCUT2D eigenvalue weighted by Gasteiger charge is -2.22. The number of nitro groups is 1. The molecule has 0 radical (unpaired) electrons. The van der Waals surface area contributed by atoms with Gasteiger partial charge < -0.3 is 15.0 Å². The minimum Gasteiger partial charge on any atom is -0.455 e. The van der Waals surface area contributed by atoms with Crippen LogP contribution in [0.5, 0.6) is 0 Å². The second-order valence-electron chi connectivity index (χ2n) is 7.64. The Morgan fingerprint density at radius 1 is 1.18 bits per heavy atom. The molecule has 1 saturated carbocycles. The number of carbonyl (C=O) groups excluding carboxylic acids is 3. The van der Waals surface area contributed by atoms with E-state index in [4.69, 9.17) is 0 Å². The molecule has 13 nitrogen and oxygen atoms in total. The lowest BCUT2D eigenvalue weighted by Crippen LogP contribution is -2.46. The number of ether oxygens (including phenoxy) is 1. The van der Waals surface area contributed by atoms with Gasteiger partial charge in [0.2, 0.25) is 10.0 Å². The number of nitrogens with one attached hydrogen (secondary N) is 3. The van der Waals surface area contributed by atoms with Crippen LogP contribution >= 0.6 is 0 Å². The standard InChI is InChI=1S/C19H27N5O8S/c1-23(2)15-9-8-14(10-16(15)24(28)29)33(30,31)20-11-18(26)32-12-17(25)22-19(27)21-13-6-4-3-5-7-13/h8-10,13,20H,3-7,11-12H2,1-2H3,(H2,21,22,25,27). The van der Waals surface area contributed by atoms with Crippen molar-refractivity contribution in [3.05, 3.63) is 28.3 Å². The average molecular weight is 486 g/mol. The van der Waals surface area contributed by atoms with Crippen LogP contribution in [0.25, 0.3) is 0 Å². The van der Waals surface area contributed by atoms with Crippen molar-refractivity contribution in [3.8, 4) is 0 Å². The number of urea groups is 1. The van der Waals surface area contributed by atoms with Crippen LogP contribution in [-0.4, -0.2) is 64.5 Å². The van der Waals surface area contributed by atoms with Crippen molar-refractivity contribution < 1.29 is 32.5 Å². The Balaban J connectivity index is 1.83. The van der Waals surface area contributed by atoms with Crippen molar-refractivity contribution in [1.29, 1.82) is 0 Å². The summed E-state index contributed by atoms with van der Waals surface area (Å²) in [5, 5.41) is 15.9. The highest BCUT2D eigenvalue weighted by Gasteiger charge is 2.23. The smallest absolute Gasteiger partial charge is 0.321 e. The van der Waals surface area contributed by atoms with Crippen molar-refractivity contribution in [2.75, 3.05) is 32.1 Å². The van der Waals surface area contributed by atoms with E-state index in [1.165, 1.54) is 11.0 Å². The molecule has 0 aliphatic heterocycles. The number of benzene rings is 1. The molecular weight excluding hydrogens is 458 g/mol. The van der Waals surface area contributed by atoms with Crippen LogP contribution in [0.3, 0.4) is 0 Å². The summed E-state index contributed by atoms with van der Waals surface area (Å²) in [7, 11) is -1.13. The SMILES string of the molecule is CN(C)c1ccc(S(=O)(=O)NCC(=O)OCC(=O)NC(=O)NC2CCCCC2)cc1[N+](=O)[O-]. The van der Waals surface area contributed by atoms with E-state index in [2.05, 4.69) is 10.1 Å². The largest absolute Gasteiger partial charge is 0.455 e. The highest BCUT2D eigenvalue weighted by Crippen LogP contribution is 2.29. The lowest BCUT2D eigenvalue weighted by molar-refractivity contribution is -0.384.